The van der Waals surface area contributed by atoms with Crippen molar-refractivity contribution in [3.63, 3.8) is 0 Å². The Morgan fingerprint density at radius 1 is 1.18 bits per heavy atom. The summed E-state index contributed by atoms with van der Waals surface area (Å²) >= 11 is 1.73. The number of aromatic nitrogens is 1. The average molecular weight is 368 g/mol. The van der Waals surface area contributed by atoms with Gasteiger partial charge in [-0.1, -0.05) is 0 Å². The standard InChI is InChI=1S/C11H20N4S.HI/c1-8-10(13-9(2)16-8)7-12-11(14(3)4)15(5)6;/h7H2,1-6H3;1H. The van der Waals surface area contributed by atoms with Crippen LogP contribution in [0.15, 0.2) is 4.99 Å². The van der Waals surface area contributed by atoms with E-state index in [4.69, 9.17) is 0 Å². The van der Waals surface area contributed by atoms with Gasteiger partial charge >= 0.3 is 0 Å². The van der Waals surface area contributed by atoms with E-state index in [-0.39, 0.29) is 24.0 Å². The van der Waals surface area contributed by atoms with Gasteiger partial charge in [0.1, 0.15) is 0 Å². The van der Waals surface area contributed by atoms with Crippen LogP contribution >= 0.6 is 35.3 Å². The third kappa shape index (κ3) is 4.79. The van der Waals surface area contributed by atoms with Crippen LogP contribution in [-0.4, -0.2) is 48.9 Å². The Hall–Kier alpha value is -0.370. The lowest BCUT2D eigenvalue weighted by Gasteiger charge is -2.22. The van der Waals surface area contributed by atoms with Crippen molar-refractivity contribution in [2.75, 3.05) is 28.2 Å². The van der Waals surface area contributed by atoms with E-state index in [1.807, 2.05) is 44.9 Å². The van der Waals surface area contributed by atoms with Crippen molar-refractivity contribution in [2.45, 2.75) is 20.4 Å². The minimum absolute atomic E-state index is 0. The Morgan fingerprint density at radius 3 is 2.06 bits per heavy atom. The Morgan fingerprint density at radius 2 is 1.71 bits per heavy atom. The predicted octanol–water partition coefficient (Wildman–Crippen LogP) is 2.36. The molecule has 0 aliphatic heterocycles. The molecule has 0 spiro atoms. The molecular formula is C11H21IN4S. The number of hydrogen-bond acceptors (Lipinski definition) is 3. The predicted molar refractivity (Wildman–Crippen MR) is 85.5 cm³/mol. The molecule has 98 valence electrons. The zero-order chi connectivity index (χ0) is 12.3. The van der Waals surface area contributed by atoms with Crippen molar-refractivity contribution in [2.24, 2.45) is 4.99 Å². The molecule has 0 N–H and O–H groups in total. The maximum atomic E-state index is 4.58. The van der Waals surface area contributed by atoms with E-state index in [0.717, 1.165) is 16.7 Å². The van der Waals surface area contributed by atoms with Crippen LogP contribution in [0.5, 0.6) is 0 Å². The van der Waals surface area contributed by atoms with E-state index in [1.54, 1.807) is 11.3 Å². The van der Waals surface area contributed by atoms with Crippen molar-refractivity contribution in [1.82, 2.24) is 14.8 Å². The zero-order valence-electron chi connectivity index (χ0n) is 11.3. The molecule has 0 saturated carbocycles. The number of aliphatic imine (C=N–C) groups is 1. The Kier molecular flexibility index (Phi) is 6.99. The molecule has 4 nitrogen and oxygen atoms in total. The summed E-state index contributed by atoms with van der Waals surface area (Å²) in [5, 5.41) is 1.11. The Balaban J connectivity index is 0.00000256. The van der Waals surface area contributed by atoms with Gasteiger partial charge in [0.25, 0.3) is 0 Å². The maximum Gasteiger partial charge on any atom is 0.195 e. The van der Waals surface area contributed by atoms with Crippen molar-refractivity contribution < 1.29 is 0 Å². The molecule has 1 rings (SSSR count). The summed E-state index contributed by atoms with van der Waals surface area (Å²) < 4.78 is 0. The minimum atomic E-state index is 0. The molecule has 0 atom stereocenters. The first kappa shape index (κ1) is 16.6. The monoisotopic (exact) mass is 368 g/mol. The Labute approximate surface area is 125 Å². The largest absolute Gasteiger partial charge is 0.349 e. The molecule has 0 saturated heterocycles. The number of rotatable bonds is 2. The van der Waals surface area contributed by atoms with E-state index in [2.05, 4.69) is 16.9 Å². The highest BCUT2D eigenvalue weighted by Gasteiger charge is 2.07. The summed E-state index contributed by atoms with van der Waals surface area (Å²) in [6.45, 7) is 4.78. The van der Waals surface area contributed by atoms with Gasteiger partial charge in [-0.15, -0.1) is 35.3 Å². The van der Waals surface area contributed by atoms with Crippen LogP contribution in [-0.2, 0) is 6.54 Å². The average Bonchev–Trinajstić information content (AvgIpc) is 2.44. The summed E-state index contributed by atoms with van der Waals surface area (Å²) in [5.74, 6) is 0.963. The molecule has 0 bridgehead atoms. The number of guanidine groups is 1. The molecule has 0 radical (unpaired) electrons. The molecule has 0 aromatic carbocycles. The first-order valence-electron chi connectivity index (χ1n) is 5.23. The molecule has 0 fully saturated rings. The smallest absolute Gasteiger partial charge is 0.195 e. The number of halogens is 1. The van der Waals surface area contributed by atoms with Gasteiger partial charge in [-0.05, 0) is 13.8 Å². The van der Waals surface area contributed by atoms with Gasteiger partial charge in [0.05, 0.1) is 17.2 Å². The van der Waals surface area contributed by atoms with Gasteiger partial charge in [0.2, 0.25) is 0 Å². The van der Waals surface area contributed by atoms with E-state index in [1.165, 1.54) is 4.88 Å². The van der Waals surface area contributed by atoms with Gasteiger partial charge < -0.3 is 9.80 Å². The van der Waals surface area contributed by atoms with Gasteiger partial charge in [0, 0.05) is 33.1 Å². The number of aryl methyl sites for hydroxylation is 2. The zero-order valence-corrected chi connectivity index (χ0v) is 14.5. The van der Waals surface area contributed by atoms with Gasteiger partial charge in [-0.3, -0.25) is 0 Å². The van der Waals surface area contributed by atoms with Crippen LogP contribution < -0.4 is 0 Å². The SMILES string of the molecule is Cc1nc(CN=C(N(C)C)N(C)C)c(C)s1.I. The number of hydrogen-bond donors (Lipinski definition) is 0. The van der Waals surface area contributed by atoms with Crippen molar-refractivity contribution in [3.05, 3.63) is 15.6 Å². The number of nitrogens with zero attached hydrogens (tertiary/aromatic N) is 4. The van der Waals surface area contributed by atoms with Crippen LogP contribution in [0.25, 0.3) is 0 Å². The molecule has 6 heteroatoms. The molecule has 17 heavy (non-hydrogen) atoms. The van der Waals surface area contributed by atoms with Crippen LogP contribution in [0, 0.1) is 13.8 Å². The Bertz CT molecular complexity index is 375. The fourth-order valence-electron chi connectivity index (χ4n) is 1.55. The first-order chi connectivity index (χ1) is 7.41. The molecular weight excluding hydrogens is 347 g/mol. The third-order valence-electron chi connectivity index (χ3n) is 2.17. The quantitative estimate of drug-likeness (QED) is 0.456. The second-order valence-corrected chi connectivity index (χ2v) is 5.55. The molecule has 0 aliphatic rings. The third-order valence-corrected chi connectivity index (χ3v) is 3.10. The highest BCUT2D eigenvalue weighted by Crippen LogP contribution is 2.17. The van der Waals surface area contributed by atoms with Crippen molar-refractivity contribution in [3.8, 4) is 0 Å². The van der Waals surface area contributed by atoms with Gasteiger partial charge in [-0.2, -0.15) is 0 Å². The molecule has 0 amide bonds. The summed E-state index contributed by atoms with van der Waals surface area (Å²) in [5.41, 5.74) is 1.09. The minimum Gasteiger partial charge on any atom is -0.349 e. The molecule has 1 aromatic heterocycles. The normalized spacial score (nSPS) is 9.53. The lowest BCUT2D eigenvalue weighted by Crippen LogP contribution is -2.35. The fourth-order valence-corrected chi connectivity index (χ4v) is 2.37. The lowest BCUT2D eigenvalue weighted by atomic mass is 10.4. The second kappa shape index (κ2) is 7.15. The topological polar surface area (TPSA) is 31.7 Å². The summed E-state index contributed by atoms with van der Waals surface area (Å²) in [4.78, 5) is 14.3. The molecule has 1 aromatic rings. The molecule has 1 heterocycles. The summed E-state index contributed by atoms with van der Waals surface area (Å²) in [6.07, 6.45) is 0. The van der Waals surface area contributed by atoms with E-state index in [9.17, 15) is 0 Å². The number of thiazole rings is 1. The lowest BCUT2D eigenvalue weighted by molar-refractivity contribution is 0.479. The fraction of sp³-hybridized carbons (Fsp3) is 0.636. The van der Waals surface area contributed by atoms with Crippen molar-refractivity contribution in [1.29, 1.82) is 0 Å². The van der Waals surface area contributed by atoms with Gasteiger partial charge in [-0.25, -0.2) is 9.98 Å². The van der Waals surface area contributed by atoms with Crippen LogP contribution in [0.4, 0.5) is 0 Å². The van der Waals surface area contributed by atoms with Crippen LogP contribution in [0.1, 0.15) is 15.6 Å². The first-order valence-corrected chi connectivity index (χ1v) is 6.05. The maximum absolute atomic E-state index is 4.58. The highest BCUT2D eigenvalue weighted by molar-refractivity contribution is 14.0. The van der Waals surface area contributed by atoms with Gasteiger partial charge in [0.15, 0.2) is 5.96 Å². The van der Waals surface area contributed by atoms with Crippen molar-refractivity contribution >= 4 is 41.3 Å². The van der Waals surface area contributed by atoms with E-state index < -0.39 is 0 Å². The van der Waals surface area contributed by atoms with E-state index in [0.29, 0.717) is 6.54 Å². The summed E-state index contributed by atoms with van der Waals surface area (Å²) in [7, 11) is 7.99. The summed E-state index contributed by atoms with van der Waals surface area (Å²) in [6, 6.07) is 0. The van der Waals surface area contributed by atoms with E-state index >= 15 is 0 Å². The van der Waals surface area contributed by atoms with Crippen LogP contribution in [0.2, 0.25) is 0 Å². The molecule has 0 unspecified atom stereocenters. The highest BCUT2D eigenvalue weighted by atomic mass is 127. The second-order valence-electron chi connectivity index (χ2n) is 4.14. The van der Waals surface area contributed by atoms with Crippen LogP contribution in [0.3, 0.4) is 0 Å². The molecule has 0 aliphatic carbocycles.